The zero-order chi connectivity index (χ0) is 43.0. The molecule has 1 aromatic heterocycles. The molecule has 2 heterocycles. The molecule has 1 amide bonds. The maximum Gasteiger partial charge on any atom is 0.318 e. The Balaban J connectivity index is 1.79. The number of likely N-dealkylation sites (N-methyl/N-ethyl adjacent to an activating group) is 1. The fourth-order valence-electron chi connectivity index (χ4n) is 8.02. The first-order chi connectivity index (χ1) is 28.2. The Kier molecular flexibility index (Phi) is 15.1. The van der Waals surface area contributed by atoms with Crippen LogP contribution in [0.2, 0.25) is 0 Å². The molecule has 5 rings (SSSR count). The molecular weight excluding hydrogens is 749 g/mol. The predicted molar refractivity (Wildman–Crippen MR) is 238 cm³/mol. The van der Waals surface area contributed by atoms with Gasteiger partial charge in [-0.05, 0) is 92.6 Å². The molecule has 12 heteroatoms. The van der Waals surface area contributed by atoms with Crippen LogP contribution >= 0.6 is 0 Å². The molecule has 0 bridgehead atoms. The number of phenolic OH excluding ortho intramolecular Hbond substituents is 1. The number of aryl methyl sites for hydroxylation is 1. The van der Waals surface area contributed by atoms with E-state index in [2.05, 4.69) is 25.8 Å². The third kappa shape index (κ3) is 10.2. The van der Waals surface area contributed by atoms with Crippen molar-refractivity contribution in [2.45, 2.75) is 112 Å². The summed E-state index contributed by atoms with van der Waals surface area (Å²) in [7, 11) is 3.04. The molecule has 1 atom stereocenters. The number of allylic oxidation sites excluding steroid dienone is 3. The van der Waals surface area contributed by atoms with Gasteiger partial charge >= 0.3 is 6.01 Å². The van der Waals surface area contributed by atoms with E-state index in [1.165, 1.54) is 25.1 Å². The summed E-state index contributed by atoms with van der Waals surface area (Å²) in [4.78, 5) is 35.9. The number of aromatic hydroxyl groups is 1. The number of rotatable bonds is 16. The fraction of sp³-hybridized carbons (Fsp3) is 0.511. The van der Waals surface area contributed by atoms with Crippen molar-refractivity contribution in [3.8, 4) is 11.8 Å². The molecule has 1 aliphatic heterocycles. The van der Waals surface area contributed by atoms with E-state index < -0.39 is 17.4 Å². The van der Waals surface area contributed by atoms with Crippen LogP contribution in [-0.4, -0.2) is 83.7 Å². The van der Waals surface area contributed by atoms with Crippen LogP contribution in [0.4, 0.5) is 14.6 Å². The van der Waals surface area contributed by atoms with Crippen molar-refractivity contribution in [2.75, 3.05) is 45.2 Å². The molecule has 1 aliphatic carbocycles. The van der Waals surface area contributed by atoms with Gasteiger partial charge in [0.05, 0.1) is 35.8 Å². The van der Waals surface area contributed by atoms with Gasteiger partial charge in [0.2, 0.25) is 0 Å². The van der Waals surface area contributed by atoms with Crippen molar-refractivity contribution in [2.24, 2.45) is 21.1 Å². The van der Waals surface area contributed by atoms with Crippen molar-refractivity contribution in [1.29, 1.82) is 0 Å². The highest BCUT2D eigenvalue weighted by atomic mass is 19.1. The topological polar surface area (TPSA) is 130 Å². The fourth-order valence-corrected chi connectivity index (χ4v) is 8.02. The Hall–Kier alpha value is -5.13. The summed E-state index contributed by atoms with van der Waals surface area (Å²) in [6.45, 7) is 15.7. The Labute approximate surface area is 349 Å². The number of anilines is 1. The summed E-state index contributed by atoms with van der Waals surface area (Å²) >= 11 is 0. The second kappa shape index (κ2) is 19.7. The van der Waals surface area contributed by atoms with Gasteiger partial charge in [0.25, 0.3) is 5.91 Å². The van der Waals surface area contributed by atoms with Crippen molar-refractivity contribution in [3.05, 3.63) is 70.1 Å². The number of fused-ring (bicyclic) bond motifs is 2. The van der Waals surface area contributed by atoms with Crippen LogP contribution in [0.25, 0.3) is 28.0 Å². The molecule has 2 aromatic carbocycles. The van der Waals surface area contributed by atoms with Gasteiger partial charge in [0.15, 0.2) is 5.83 Å². The number of aromatic nitrogens is 2. The van der Waals surface area contributed by atoms with E-state index in [9.17, 15) is 9.90 Å². The lowest BCUT2D eigenvalue weighted by atomic mass is 9.81. The molecule has 10 nitrogen and oxygen atoms in total. The van der Waals surface area contributed by atoms with Crippen molar-refractivity contribution in [3.63, 3.8) is 0 Å². The van der Waals surface area contributed by atoms with Gasteiger partial charge in [-0.15, -0.1) is 0 Å². The normalized spacial score (nSPS) is 17.4. The van der Waals surface area contributed by atoms with E-state index in [0.717, 1.165) is 50.5 Å². The monoisotopic (exact) mass is 811 g/mol. The van der Waals surface area contributed by atoms with E-state index in [4.69, 9.17) is 25.4 Å². The minimum absolute atomic E-state index is 0.0120. The van der Waals surface area contributed by atoms with Gasteiger partial charge in [-0.1, -0.05) is 71.9 Å². The lowest BCUT2D eigenvalue weighted by molar-refractivity contribution is -0.124. The number of nitrogens with two attached hydrogens (primary N) is 1. The van der Waals surface area contributed by atoms with Crippen LogP contribution in [0, 0.1) is 11.2 Å². The molecule has 2 aliphatic rings. The second-order valence-corrected chi connectivity index (χ2v) is 16.6. The number of amides is 1. The molecule has 0 radical (unpaired) electrons. The Bertz CT molecular complexity index is 2190. The summed E-state index contributed by atoms with van der Waals surface area (Å²) in [5.74, 6) is -1.28. The summed E-state index contributed by atoms with van der Waals surface area (Å²) in [5, 5.41) is 12.5. The highest BCUT2D eigenvalue weighted by Gasteiger charge is 2.34. The SMILES string of the molecule is C/C=C1\C(=NC(C)C)C(c2cc(O)cc3ccc(F)c(CC)c23)=Cc2nc(OCC(C)(CCCC)CCCCC)nc(N3CCCN=C(/C(F)=C(\N)C(=O)N(C)C)C3)c21. The molecule has 0 spiro atoms. The van der Waals surface area contributed by atoms with Gasteiger partial charge in [-0.2, -0.15) is 9.97 Å². The van der Waals surface area contributed by atoms with Crippen molar-refractivity contribution >= 4 is 51.1 Å². The first kappa shape index (κ1) is 45.0. The number of hydrogen-bond donors (Lipinski definition) is 2. The number of phenols is 1. The van der Waals surface area contributed by atoms with Gasteiger partial charge in [0.1, 0.15) is 23.1 Å². The summed E-state index contributed by atoms with van der Waals surface area (Å²) in [6, 6.07) is 6.47. The molecule has 318 valence electrons. The number of aliphatic imine (C=N–C) groups is 2. The van der Waals surface area contributed by atoms with Crippen LogP contribution < -0.4 is 15.4 Å². The van der Waals surface area contributed by atoms with E-state index in [-0.39, 0.29) is 41.3 Å². The molecule has 59 heavy (non-hydrogen) atoms. The quantitative estimate of drug-likeness (QED) is 0.109. The van der Waals surface area contributed by atoms with E-state index in [0.29, 0.717) is 82.8 Å². The molecule has 3 aromatic rings. The highest BCUT2D eigenvalue weighted by molar-refractivity contribution is 6.50. The van der Waals surface area contributed by atoms with Gasteiger partial charge < -0.3 is 25.4 Å². The number of carbonyl (C=O) groups is 1. The average Bonchev–Trinajstić information content (AvgIpc) is 3.47. The van der Waals surface area contributed by atoms with E-state index in [1.54, 1.807) is 18.2 Å². The van der Waals surface area contributed by atoms with Crippen LogP contribution in [0.5, 0.6) is 11.8 Å². The third-order valence-corrected chi connectivity index (χ3v) is 11.2. The lowest BCUT2D eigenvalue weighted by Crippen LogP contribution is -2.35. The summed E-state index contributed by atoms with van der Waals surface area (Å²) < 4.78 is 38.3. The number of benzene rings is 2. The number of nitrogens with zero attached hydrogens (tertiary/aromatic N) is 6. The highest BCUT2D eigenvalue weighted by Crippen LogP contribution is 2.44. The largest absolute Gasteiger partial charge is 0.508 e. The Morgan fingerprint density at radius 1 is 1.12 bits per heavy atom. The van der Waals surface area contributed by atoms with Gasteiger partial charge in [-0.3, -0.25) is 14.8 Å². The molecule has 3 N–H and O–H groups in total. The number of unbranched alkanes of at least 4 members (excludes halogenated alkanes) is 3. The third-order valence-electron chi connectivity index (χ3n) is 11.2. The van der Waals surface area contributed by atoms with Crippen LogP contribution in [0.1, 0.15) is 122 Å². The molecule has 1 unspecified atom stereocenters. The smallest absolute Gasteiger partial charge is 0.318 e. The second-order valence-electron chi connectivity index (χ2n) is 16.6. The molecule has 0 saturated heterocycles. The summed E-state index contributed by atoms with van der Waals surface area (Å²) in [5.41, 5.74) is 9.93. The predicted octanol–water partition coefficient (Wildman–Crippen LogP) is 9.88. The van der Waals surface area contributed by atoms with Crippen LogP contribution in [0.15, 0.2) is 51.9 Å². The average molecular weight is 812 g/mol. The van der Waals surface area contributed by atoms with E-state index >= 15 is 8.78 Å². The minimum Gasteiger partial charge on any atom is -0.508 e. The number of halogens is 2. The van der Waals surface area contributed by atoms with Crippen LogP contribution in [-0.2, 0) is 11.2 Å². The number of carbonyl (C=O) groups excluding carboxylic acids is 1. The van der Waals surface area contributed by atoms with Gasteiger partial charge in [-0.25, -0.2) is 8.78 Å². The van der Waals surface area contributed by atoms with Crippen LogP contribution in [0.3, 0.4) is 0 Å². The molecular formula is C47H63F2N7O3. The zero-order valence-corrected chi connectivity index (χ0v) is 36.5. The maximum absolute atomic E-state index is 16.1. The molecule has 0 saturated carbocycles. The first-order valence-electron chi connectivity index (χ1n) is 21.3. The zero-order valence-electron chi connectivity index (χ0n) is 36.5. The Morgan fingerprint density at radius 3 is 2.51 bits per heavy atom. The number of ether oxygens (including phenoxy) is 1. The van der Waals surface area contributed by atoms with Crippen molar-refractivity contribution < 1.29 is 23.4 Å². The number of hydrogen-bond acceptors (Lipinski definition) is 9. The molecule has 0 fully saturated rings. The van der Waals surface area contributed by atoms with Crippen molar-refractivity contribution in [1.82, 2.24) is 14.9 Å². The van der Waals surface area contributed by atoms with E-state index in [1.807, 2.05) is 44.7 Å². The minimum atomic E-state index is -0.862. The lowest BCUT2D eigenvalue weighted by Gasteiger charge is -2.32. The Morgan fingerprint density at radius 2 is 1.85 bits per heavy atom. The maximum atomic E-state index is 16.1. The summed E-state index contributed by atoms with van der Waals surface area (Å²) in [6.07, 6.45) is 12.4. The first-order valence-corrected chi connectivity index (χ1v) is 21.3. The standard InChI is InChI=1S/C47H63F2N7O3/c1-10-14-16-21-47(7,20-15-11-2)28-59-46-53-37-26-35(34-25-31(57)24-30-18-19-36(48)32(12-3)39(30)34)43(52-29(5)6)33(13-4)40(37)44(54-46)56-23-17-22-51-38(27-56)41(49)42(50)45(58)55(8)9/h13,18-19,24-26,29,57H,10-12,14-17,20-23,27-28,50H2,1-9H3/b33-13-,42-41+,52-43?. The van der Waals surface area contributed by atoms with Gasteiger partial charge in [0, 0.05) is 49.8 Å².